The van der Waals surface area contributed by atoms with Gasteiger partial charge in [-0.05, 0) is 29.7 Å². The number of carbonyl (C=O) groups is 1. The van der Waals surface area contributed by atoms with Crippen LogP contribution in [0.5, 0.6) is 0 Å². The number of hydrogen-bond acceptors (Lipinski definition) is 3. The average Bonchev–Trinajstić information content (AvgIpc) is 2.35. The van der Waals surface area contributed by atoms with Crippen LogP contribution in [0.1, 0.15) is 17.5 Å². The Morgan fingerprint density at radius 3 is 3.06 bits per heavy atom. The predicted molar refractivity (Wildman–Crippen MR) is 66.5 cm³/mol. The molecule has 1 aromatic carbocycles. The number of carbonyl (C=O) groups excluding carboxylic acids is 1. The Labute approximate surface area is 101 Å². The lowest BCUT2D eigenvalue weighted by molar-refractivity contribution is -0.133. The molecule has 0 unspecified atom stereocenters. The lowest BCUT2D eigenvalue weighted by atomic mass is 9.99. The maximum Gasteiger partial charge on any atom is 0.225 e. The molecule has 0 bridgehead atoms. The Balaban J connectivity index is 2.04. The third kappa shape index (κ3) is 2.77. The van der Waals surface area contributed by atoms with Crippen LogP contribution in [0.3, 0.4) is 0 Å². The Morgan fingerprint density at radius 2 is 2.29 bits per heavy atom. The molecule has 0 fully saturated rings. The molecule has 0 radical (unpaired) electrons. The van der Waals surface area contributed by atoms with E-state index >= 15 is 0 Å². The van der Waals surface area contributed by atoms with Gasteiger partial charge in [-0.3, -0.25) is 4.79 Å². The topological polar surface area (TPSA) is 55.6 Å². The normalized spacial score (nSPS) is 14.5. The third-order valence-electron chi connectivity index (χ3n) is 3.12. The van der Waals surface area contributed by atoms with Gasteiger partial charge in [-0.2, -0.15) is 0 Å². The van der Waals surface area contributed by atoms with Gasteiger partial charge in [0.25, 0.3) is 0 Å². The Morgan fingerprint density at radius 1 is 1.47 bits per heavy atom. The molecular formula is C13H18N2O2. The van der Waals surface area contributed by atoms with Crippen molar-refractivity contribution < 1.29 is 9.53 Å². The molecular weight excluding hydrogens is 216 g/mol. The van der Waals surface area contributed by atoms with E-state index in [1.54, 1.807) is 7.11 Å². The SMILES string of the molecule is COCCC(=O)N1CCc2ccc(N)cc2C1. The van der Waals surface area contributed by atoms with E-state index in [9.17, 15) is 4.79 Å². The van der Waals surface area contributed by atoms with Gasteiger partial charge in [-0.15, -0.1) is 0 Å². The van der Waals surface area contributed by atoms with Gasteiger partial charge in [0, 0.05) is 25.9 Å². The number of nitrogens with two attached hydrogens (primary N) is 1. The van der Waals surface area contributed by atoms with E-state index in [1.807, 2.05) is 17.0 Å². The highest BCUT2D eigenvalue weighted by Crippen LogP contribution is 2.21. The fourth-order valence-corrected chi connectivity index (χ4v) is 2.14. The maximum atomic E-state index is 11.9. The number of fused-ring (bicyclic) bond motifs is 1. The monoisotopic (exact) mass is 234 g/mol. The second kappa shape index (κ2) is 5.19. The first-order chi connectivity index (χ1) is 8.20. The van der Waals surface area contributed by atoms with E-state index in [0.717, 1.165) is 18.7 Å². The number of hydrogen-bond donors (Lipinski definition) is 1. The minimum atomic E-state index is 0.153. The van der Waals surface area contributed by atoms with E-state index in [-0.39, 0.29) is 5.91 Å². The summed E-state index contributed by atoms with van der Waals surface area (Å²) in [5.74, 6) is 0.153. The van der Waals surface area contributed by atoms with Crippen molar-refractivity contribution in [1.29, 1.82) is 0 Å². The zero-order valence-electron chi connectivity index (χ0n) is 10.1. The van der Waals surface area contributed by atoms with Crippen LogP contribution in [-0.4, -0.2) is 31.1 Å². The van der Waals surface area contributed by atoms with Crippen LogP contribution in [0.15, 0.2) is 18.2 Å². The molecule has 4 heteroatoms. The number of methoxy groups -OCH3 is 1. The van der Waals surface area contributed by atoms with Gasteiger partial charge in [0.05, 0.1) is 13.0 Å². The van der Waals surface area contributed by atoms with E-state index in [2.05, 4.69) is 6.07 Å². The second-order valence-corrected chi connectivity index (χ2v) is 4.34. The van der Waals surface area contributed by atoms with Gasteiger partial charge < -0.3 is 15.4 Å². The Bertz CT molecular complexity index is 418. The van der Waals surface area contributed by atoms with Gasteiger partial charge >= 0.3 is 0 Å². The minimum Gasteiger partial charge on any atom is -0.399 e. The highest BCUT2D eigenvalue weighted by molar-refractivity contribution is 5.76. The lowest BCUT2D eigenvalue weighted by Crippen LogP contribution is -2.36. The standard InChI is InChI=1S/C13H18N2O2/c1-17-7-5-13(16)15-6-4-10-2-3-12(14)8-11(10)9-15/h2-3,8H,4-7,9,14H2,1H3. The number of benzene rings is 1. The van der Waals surface area contributed by atoms with Crippen molar-refractivity contribution >= 4 is 11.6 Å². The van der Waals surface area contributed by atoms with Crippen LogP contribution in [-0.2, 0) is 22.5 Å². The number of amides is 1. The first kappa shape index (κ1) is 11.9. The Hall–Kier alpha value is -1.55. The maximum absolute atomic E-state index is 11.9. The number of nitrogens with zero attached hydrogens (tertiary/aromatic N) is 1. The number of rotatable bonds is 3. The first-order valence-electron chi connectivity index (χ1n) is 5.84. The molecule has 2 rings (SSSR count). The summed E-state index contributed by atoms with van der Waals surface area (Å²) in [5.41, 5.74) is 8.99. The summed E-state index contributed by atoms with van der Waals surface area (Å²) >= 11 is 0. The van der Waals surface area contributed by atoms with Gasteiger partial charge in [0.1, 0.15) is 0 Å². The van der Waals surface area contributed by atoms with Gasteiger partial charge in [0.2, 0.25) is 5.91 Å². The molecule has 92 valence electrons. The summed E-state index contributed by atoms with van der Waals surface area (Å²) in [6.45, 7) is 1.95. The summed E-state index contributed by atoms with van der Waals surface area (Å²) in [5, 5.41) is 0. The molecule has 1 aromatic rings. The van der Waals surface area contributed by atoms with E-state index < -0.39 is 0 Å². The lowest BCUT2D eigenvalue weighted by Gasteiger charge is -2.29. The molecule has 1 amide bonds. The summed E-state index contributed by atoms with van der Waals surface area (Å²) in [6.07, 6.45) is 1.36. The molecule has 17 heavy (non-hydrogen) atoms. The largest absolute Gasteiger partial charge is 0.399 e. The van der Waals surface area contributed by atoms with Crippen molar-refractivity contribution in [3.05, 3.63) is 29.3 Å². The van der Waals surface area contributed by atoms with E-state index in [0.29, 0.717) is 19.6 Å². The highest BCUT2D eigenvalue weighted by Gasteiger charge is 2.20. The van der Waals surface area contributed by atoms with E-state index in [1.165, 1.54) is 11.1 Å². The van der Waals surface area contributed by atoms with Crippen LogP contribution in [0.25, 0.3) is 0 Å². The zero-order chi connectivity index (χ0) is 12.3. The number of nitrogen functional groups attached to an aromatic ring is 1. The quantitative estimate of drug-likeness (QED) is 0.799. The average molecular weight is 234 g/mol. The molecule has 0 saturated carbocycles. The van der Waals surface area contributed by atoms with Crippen molar-refractivity contribution in [2.45, 2.75) is 19.4 Å². The van der Waals surface area contributed by atoms with Gasteiger partial charge in [-0.25, -0.2) is 0 Å². The third-order valence-corrected chi connectivity index (χ3v) is 3.12. The summed E-state index contributed by atoms with van der Waals surface area (Å²) in [7, 11) is 1.61. The van der Waals surface area contributed by atoms with Crippen molar-refractivity contribution in [3.8, 4) is 0 Å². The molecule has 0 spiro atoms. The molecule has 0 atom stereocenters. The molecule has 0 aromatic heterocycles. The van der Waals surface area contributed by atoms with Crippen molar-refractivity contribution in [2.24, 2.45) is 0 Å². The number of ether oxygens (including phenoxy) is 1. The fourth-order valence-electron chi connectivity index (χ4n) is 2.14. The summed E-state index contributed by atoms with van der Waals surface area (Å²) < 4.78 is 4.92. The highest BCUT2D eigenvalue weighted by atomic mass is 16.5. The molecule has 1 aliphatic heterocycles. The van der Waals surface area contributed by atoms with Crippen LogP contribution in [0.2, 0.25) is 0 Å². The summed E-state index contributed by atoms with van der Waals surface area (Å²) in [6, 6.07) is 5.94. The molecule has 0 aliphatic carbocycles. The molecule has 4 nitrogen and oxygen atoms in total. The van der Waals surface area contributed by atoms with Gasteiger partial charge in [-0.1, -0.05) is 6.07 Å². The predicted octanol–water partition coefficient (Wildman–Crippen LogP) is 1.19. The molecule has 1 heterocycles. The minimum absolute atomic E-state index is 0.153. The fraction of sp³-hybridized carbons (Fsp3) is 0.462. The van der Waals surface area contributed by atoms with Crippen LogP contribution in [0.4, 0.5) is 5.69 Å². The van der Waals surface area contributed by atoms with E-state index in [4.69, 9.17) is 10.5 Å². The Kier molecular flexibility index (Phi) is 3.64. The second-order valence-electron chi connectivity index (χ2n) is 4.34. The summed E-state index contributed by atoms with van der Waals surface area (Å²) in [4.78, 5) is 13.7. The van der Waals surface area contributed by atoms with Crippen LogP contribution < -0.4 is 5.73 Å². The number of anilines is 1. The van der Waals surface area contributed by atoms with Gasteiger partial charge in [0.15, 0.2) is 0 Å². The smallest absolute Gasteiger partial charge is 0.225 e. The van der Waals surface area contributed by atoms with Crippen molar-refractivity contribution in [2.75, 3.05) is 26.0 Å². The molecule has 2 N–H and O–H groups in total. The first-order valence-corrected chi connectivity index (χ1v) is 5.84. The van der Waals surface area contributed by atoms with Crippen molar-refractivity contribution in [1.82, 2.24) is 4.90 Å². The zero-order valence-corrected chi connectivity index (χ0v) is 10.1. The van der Waals surface area contributed by atoms with Crippen LogP contribution >= 0.6 is 0 Å². The molecule has 1 aliphatic rings. The molecule has 0 saturated heterocycles. The van der Waals surface area contributed by atoms with Crippen LogP contribution in [0, 0.1) is 0 Å². The van der Waals surface area contributed by atoms with Crippen molar-refractivity contribution in [3.63, 3.8) is 0 Å².